The normalized spacial score (nSPS) is 22.2. The zero-order valence-corrected chi connectivity index (χ0v) is 11.7. The first kappa shape index (κ1) is 14.3. The van der Waals surface area contributed by atoms with Crippen molar-refractivity contribution in [3.05, 3.63) is 29.6 Å². The fourth-order valence-electron chi connectivity index (χ4n) is 2.65. The molecular weight excluding hydrogens is 243 g/mol. The number of likely N-dealkylation sites (tertiary alicyclic amines) is 1. The monoisotopic (exact) mass is 266 g/mol. The summed E-state index contributed by atoms with van der Waals surface area (Å²) in [5.41, 5.74) is 6.28. The lowest BCUT2D eigenvalue weighted by molar-refractivity contribution is 0.0870. The Morgan fingerprint density at radius 1 is 1.53 bits per heavy atom. The highest BCUT2D eigenvalue weighted by Crippen LogP contribution is 2.25. The van der Waals surface area contributed by atoms with Crippen molar-refractivity contribution < 1.29 is 9.13 Å². The van der Waals surface area contributed by atoms with Gasteiger partial charge in [-0.05, 0) is 51.1 Å². The molecule has 1 aromatic rings. The van der Waals surface area contributed by atoms with Gasteiger partial charge in [-0.25, -0.2) is 4.39 Å². The molecule has 0 saturated carbocycles. The number of halogens is 1. The van der Waals surface area contributed by atoms with Crippen LogP contribution in [0.4, 0.5) is 4.39 Å². The highest BCUT2D eigenvalue weighted by atomic mass is 19.1. The first-order valence-corrected chi connectivity index (χ1v) is 6.94. The molecule has 19 heavy (non-hydrogen) atoms. The maximum absolute atomic E-state index is 13.9. The van der Waals surface area contributed by atoms with Crippen LogP contribution in [-0.2, 0) is 6.54 Å². The van der Waals surface area contributed by atoms with E-state index in [1.807, 2.05) is 13.0 Å². The molecule has 2 unspecified atom stereocenters. The van der Waals surface area contributed by atoms with Crippen LogP contribution in [0, 0.1) is 11.7 Å². The molecule has 3 nitrogen and oxygen atoms in total. The van der Waals surface area contributed by atoms with Gasteiger partial charge in [0, 0.05) is 19.0 Å². The number of nitrogens with two attached hydrogens (primary N) is 1. The summed E-state index contributed by atoms with van der Waals surface area (Å²) < 4.78 is 19.6. The number of rotatable bonds is 4. The fraction of sp³-hybridized carbons (Fsp3) is 0.600. The van der Waals surface area contributed by atoms with E-state index >= 15 is 0 Å². The molecule has 0 aliphatic carbocycles. The minimum Gasteiger partial charge on any atom is -0.487 e. The molecule has 4 heteroatoms. The zero-order chi connectivity index (χ0) is 13.8. The second kappa shape index (κ2) is 6.35. The molecule has 1 fully saturated rings. The van der Waals surface area contributed by atoms with Crippen molar-refractivity contribution >= 4 is 0 Å². The van der Waals surface area contributed by atoms with Crippen molar-refractivity contribution in [2.75, 3.05) is 20.1 Å². The summed E-state index contributed by atoms with van der Waals surface area (Å²) >= 11 is 0. The van der Waals surface area contributed by atoms with Crippen molar-refractivity contribution in [2.24, 2.45) is 11.7 Å². The molecule has 1 aliphatic heterocycles. The molecule has 1 heterocycles. The summed E-state index contributed by atoms with van der Waals surface area (Å²) in [5, 5.41) is 0. The second-order valence-corrected chi connectivity index (χ2v) is 5.46. The van der Waals surface area contributed by atoms with Crippen LogP contribution in [0.3, 0.4) is 0 Å². The third-order valence-corrected chi connectivity index (χ3v) is 3.87. The van der Waals surface area contributed by atoms with Gasteiger partial charge in [0.2, 0.25) is 0 Å². The number of hydrogen-bond donors (Lipinski definition) is 1. The van der Waals surface area contributed by atoms with E-state index in [1.165, 1.54) is 12.5 Å². The van der Waals surface area contributed by atoms with Gasteiger partial charge in [-0.3, -0.25) is 0 Å². The van der Waals surface area contributed by atoms with E-state index in [2.05, 4.69) is 11.9 Å². The van der Waals surface area contributed by atoms with E-state index in [-0.39, 0.29) is 11.9 Å². The summed E-state index contributed by atoms with van der Waals surface area (Å²) in [7, 11) is 2.12. The lowest BCUT2D eigenvalue weighted by atomic mass is 9.93. The molecule has 0 radical (unpaired) electrons. The third kappa shape index (κ3) is 3.67. The Kier molecular flexibility index (Phi) is 4.77. The van der Waals surface area contributed by atoms with Gasteiger partial charge in [0.25, 0.3) is 0 Å². The maximum Gasteiger partial charge on any atom is 0.165 e. The Morgan fingerprint density at radius 3 is 2.95 bits per heavy atom. The molecule has 2 atom stereocenters. The highest BCUT2D eigenvalue weighted by molar-refractivity contribution is 5.29. The molecule has 2 N–H and O–H groups in total. The Morgan fingerprint density at radius 2 is 2.32 bits per heavy atom. The van der Waals surface area contributed by atoms with E-state index in [0.717, 1.165) is 25.1 Å². The van der Waals surface area contributed by atoms with Crippen molar-refractivity contribution in [1.29, 1.82) is 0 Å². The van der Waals surface area contributed by atoms with Crippen molar-refractivity contribution in [3.63, 3.8) is 0 Å². The topological polar surface area (TPSA) is 38.5 Å². The number of ether oxygens (including phenoxy) is 1. The van der Waals surface area contributed by atoms with Crippen LogP contribution < -0.4 is 10.5 Å². The molecule has 1 aliphatic rings. The number of benzene rings is 1. The average Bonchev–Trinajstić information content (AvgIpc) is 2.41. The van der Waals surface area contributed by atoms with E-state index in [1.54, 1.807) is 6.07 Å². The highest BCUT2D eigenvalue weighted by Gasteiger charge is 2.24. The van der Waals surface area contributed by atoms with Gasteiger partial charge in [-0.15, -0.1) is 0 Å². The summed E-state index contributed by atoms with van der Waals surface area (Å²) in [4.78, 5) is 2.31. The van der Waals surface area contributed by atoms with Gasteiger partial charge in [0.1, 0.15) is 6.10 Å². The SMILES string of the molecule is CC(Oc1ccc(CN)cc1F)C1CCCN(C)C1. The Labute approximate surface area is 114 Å². The first-order valence-electron chi connectivity index (χ1n) is 6.94. The molecule has 0 spiro atoms. The fourth-order valence-corrected chi connectivity index (χ4v) is 2.65. The quantitative estimate of drug-likeness (QED) is 0.909. The van der Waals surface area contributed by atoms with Crippen LogP contribution in [0.1, 0.15) is 25.3 Å². The van der Waals surface area contributed by atoms with E-state index < -0.39 is 0 Å². The minimum absolute atomic E-state index is 0.0287. The van der Waals surface area contributed by atoms with Gasteiger partial charge < -0.3 is 15.4 Å². The number of nitrogens with zero attached hydrogens (tertiary/aromatic N) is 1. The summed E-state index contributed by atoms with van der Waals surface area (Å²) in [5.74, 6) is 0.476. The van der Waals surface area contributed by atoms with Crippen LogP contribution in [0.2, 0.25) is 0 Å². The second-order valence-electron chi connectivity index (χ2n) is 5.46. The van der Waals surface area contributed by atoms with E-state index in [9.17, 15) is 4.39 Å². The van der Waals surface area contributed by atoms with Crippen molar-refractivity contribution in [2.45, 2.75) is 32.4 Å². The molecule has 1 saturated heterocycles. The standard InChI is InChI=1S/C15H23FN2O/c1-11(13-4-3-7-18(2)10-13)19-15-6-5-12(9-17)8-14(15)16/h5-6,8,11,13H,3-4,7,9-10,17H2,1-2H3. The maximum atomic E-state index is 13.9. The minimum atomic E-state index is -0.320. The summed E-state index contributed by atoms with van der Waals surface area (Å²) in [6.07, 6.45) is 2.36. The molecule has 0 aromatic heterocycles. The average molecular weight is 266 g/mol. The predicted molar refractivity (Wildman–Crippen MR) is 74.6 cm³/mol. The molecule has 2 rings (SSSR count). The first-order chi connectivity index (χ1) is 9.10. The van der Waals surface area contributed by atoms with Gasteiger partial charge in [-0.1, -0.05) is 6.07 Å². The van der Waals surface area contributed by atoms with E-state index in [4.69, 9.17) is 10.5 Å². The molecule has 1 aromatic carbocycles. The smallest absolute Gasteiger partial charge is 0.165 e. The van der Waals surface area contributed by atoms with Crippen molar-refractivity contribution in [1.82, 2.24) is 4.90 Å². The largest absolute Gasteiger partial charge is 0.487 e. The molecule has 0 amide bonds. The van der Waals surface area contributed by atoms with Gasteiger partial charge >= 0.3 is 0 Å². The Balaban J connectivity index is 2.00. The van der Waals surface area contributed by atoms with Crippen LogP contribution in [-0.4, -0.2) is 31.1 Å². The lowest BCUT2D eigenvalue weighted by Gasteiger charge is -2.33. The molecule has 0 bridgehead atoms. The Hall–Kier alpha value is -1.13. The number of hydrogen-bond acceptors (Lipinski definition) is 3. The third-order valence-electron chi connectivity index (χ3n) is 3.87. The molecular formula is C15H23FN2O. The summed E-state index contributed by atoms with van der Waals surface area (Å²) in [6.45, 7) is 4.53. The predicted octanol–water partition coefficient (Wildman–Crippen LogP) is 2.39. The van der Waals surface area contributed by atoms with E-state index in [0.29, 0.717) is 18.2 Å². The van der Waals surface area contributed by atoms with Crippen molar-refractivity contribution in [3.8, 4) is 5.75 Å². The van der Waals surface area contributed by atoms with Gasteiger partial charge in [0.15, 0.2) is 11.6 Å². The van der Waals surface area contributed by atoms with Crippen LogP contribution >= 0.6 is 0 Å². The Bertz CT molecular complexity index is 425. The van der Waals surface area contributed by atoms with Crippen LogP contribution in [0.5, 0.6) is 5.75 Å². The lowest BCUT2D eigenvalue weighted by Crippen LogP contribution is -2.39. The zero-order valence-electron chi connectivity index (χ0n) is 11.7. The molecule has 106 valence electrons. The van der Waals surface area contributed by atoms with Crippen LogP contribution in [0.25, 0.3) is 0 Å². The summed E-state index contributed by atoms with van der Waals surface area (Å²) in [6, 6.07) is 4.95. The number of piperidine rings is 1. The van der Waals surface area contributed by atoms with Gasteiger partial charge in [-0.2, -0.15) is 0 Å². The van der Waals surface area contributed by atoms with Gasteiger partial charge in [0.05, 0.1) is 0 Å². The van der Waals surface area contributed by atoms with Crippen LogP contribution in [0.15, 0.2) is 18.2 Å².